The number of aliphatic hydroxyl groups is 1. The minimum absolute atomic E-state index is 0.0147. The number of H-pyrrole nitrogens is 1. The van der Waals surface area contributed by atoms with Crippen LogP contribution in [0.4, 0.5) is 66.7 Å². The van der Waals surface area contributed by atoms with Gasteiger partial charge in [0.1, 0.15) is 64.1 Å². The first kappa shape index (κ1) is 90.1. The van der Waals surface area contributed by atoms with Gasteiger partial charge in [-0.1, -0.05) is 0 Å². The van der Waals surface area contributed by atoms with E-state index >= 15 is 0 Å². The number of aryl methyl sites for hydroxylation is 1. The Bertz CT molecular complexity index is 6990. The van der Waals surface area contributed by atoms with Crippen molar-refractivity contribution in [3.63, 3.8) is 0 Å². The summed E-state index contributed by atoms with van der Waals surface area (Å²) < 4.78 is 180. The smallest absolute Gasteiger partial charge is 0.291 e. The number of aromatic nitrogens is 12. The van der Waals surface area contributed by atoms with E-state index in [4.69, 9.17) is 27.1 Å². The summed E-state index contributed by atoms with van der Waals surface area (Å²) in [5.41, 5.74) is 6.18. The molecule has 4 amide bonds. The van der Waals surface area contributed by atoms with Crippen molar-refractivity contribution in [2.75, 3.05) is 41.1 Å². The molecule has 7 N–H and O–H groups in total. The van der Waals surface area contributed by atoms with Crippen molar-refractivity contribution in [3.05, 3.63) is 312 Å². The number of ether oxygens (including phenoxy) is 2. The van der Waals surface area contributed by atoms with E-state index in [0.717, 1.165) is 44.0 Å². The number of carbonyl (C=O) groups excluding carboxylic acids is 4. The summed E-state index contributed by atoms with van der Waals surface area (Å²) in [6.07, 6.45) is 13.0. The summed E-state index contributed by atoms with van der Waals surface area (Å²) in [4.78, 5) is 93.3. The number of rotatable bonds is 20. The van der Waals surface area contributed by atoms with Crippen LogP contribution in [0.3, 0.4) is 0 Å². The van der Waals surface area contributed by atoms with Crippen LogP contribution in [0.15, 0.2) is 255 Å². The van der Waals surface area contributed by atoms with Gasteiger partial charge < -0.3 is 81.9 Å². The zero-order valence-electron chi connectivity index (χ0n) is 70.2. The number of aliphatic hydroxyl groups excluding tert-OH is 1. The minimum Gasteiger partial charge on any atom is -0.504 e. The van der Waals surface area contributed by atoms with Crippen LogP contribution < -0.4 is 26.8 Å². The Morgan fingerprint density at radius 2 is 0.858 bits per heavy atom. The number of imidazole rings is 4. The Balaban J connectivity index is 0.000000124. The van der Waals surface area contributed by atoms with Gasteiger partial charge in [0, 0.05) is 52.1 Å². The number of halogens is 10. The number of aromatic amines is 1. The molecule has 29 nitrogen and oxygen atoms in total. The van der Waals surface area contributed by atoms with Crippen molar-refractivity contribution in [2.24, 2.45) is 0 Å². The molecule has 2 aliphatic heterocycles. The molecule has 4 aromatic carbocycles. The van der Waals surface area contributed by atoms with E-state index in [0.29, 0.717) is 116 Å². The Morgan fingerprint density at radius 1 is 0.425 bits per heavy atom. The van der Waals surface area contributed by atoms with Gasteiger partial charge >= 0.3 is 0 Å². The van der Waals surface area contributed by atoms with Gasteiger partial charge in [0.2, 0.25) is 11.9 Å². The van der Waals surface area contributed by atoms with Crippen molar-refractivity contribution in [3.8, 4) is 96.6 Å². The van der Waals surface area contributed by atoms with Crippen LogP contribution in [0.25, 0.3) is 90.8 Å². The average molecular weight is 1840 g/mol. The minimum atomic E-state index is -1.54. The topological polar surface area (TPSA) is 371 Å². The summed E-state index contributed by atoms with van der Waals surface area (Å²) in [5, 5.41) is 30.0. The van der Waals surface area contributed by atoms with Crippen molar-refractivity contribution in [1.82, 2.24) is 58.1 Å². The first-order valence-corrected chi connectivity index (χ1v) is 41.8. The molecule has 684 valence electrons. The van der Waals surface area contributed by atoms with E-state index < -0.39 is 107 Å². The van der Waals surface area contributed by atoms with Gasteiger partial charge in [0.15, 0.2) is 69.3 Å². The SMILES string of the molecule is Cc1cc(NC(=O)c2ccc(-c3c(-c4ccc(F)cc4)ncn3C3CCOC3F)o2)c(F)cn1.O=C(Nc1c(O)cncc1F)c1ccc(-c2c(-c3ccc(F)cc3)ncn2C2COCC2F)o1.O=C(Nc1cc[nH]c(=O)c1)c1ccc(-c2c(-c3ccc(F)cc3)ncn2C2CCC[C@H]2F)o1.O=C(Nc1ccncc1F)c1ccc(-c2c(-c3ccc(F)cc3)ncn2[C@@H]2CCC[C@H]2O)o1. The normalized spacial score (nSPS) is 17.8. The Labute approximate surface area is 752 Å². The molecule has 12 aromatic heterocycles. The van der Waals surface area contributed by atoms with Gasteiger partial charge in [-0.15, -0.1) is 0 Å². The standard InChI is InChI=1S/C24H19F3N4O3.2C24H20F2N4O3.C23H17F3N4O4/c1-13-10-17(16(26)11-28-13)30-24(32)20-7-6-19(34-20)22-21(14-2-4-15(25)5-3-14)29-12-31(22)18-8-9-33-23(18)27;25-15-6-4-14(5-7-15)22-23(30(13-28-22)18-2-1-3-19(18)31)20-8-9-21(33-20)24(32)29-17-10-11-27-12-16(17)26;25-15-6-4-14(5-7-15)22-23(30(13-28-22)18-3-1-2-17(18)26)19-8-9-20(33-19)24(32)29-16-10-11-27-21(31)12-16;24-13-3-1-12(2-4-13)20-22(30(11-28-20)16-10-33-9-15(16)26)18-5-6-19(34-18)23(32)29-21-14(25)7-27-8-17(21)31/h2-7,10-12,18,23H,8-9H2,1H3,(H,28,30,32);4-13,18-19,31H,1-3H2,(H,27,29,32);4-13,17-18H,1-3H2,(H2,27,29,31,32);1-8,11,15-16,31H,9-10H2,(H,27,29,32)/t;18-,19-;17-,18?;/m.11./s1. The van der Waals surface area contributed by atoms with Crippen LogP contribution in [0, 0.1) is 47.6 Å². The molecule has 16 aromatic rings. The third-order valence-electron chi connectivity index (χ3n) is 22.6. The molecule has 2 saturated heterocycles. The van der Waals surface area contributed by atoms with Gasteiger partial charge in [-0.05, 0) is 216 Å². The molecular formula is C95H76F10N16O13. The van der Waals surface area contributed by atoms with Crippen molar-refractivity contribution >= 4 is 46.4 Å². The van der Waals surface area contributed by atoms with E-state index in [1.54, 1.807) is 93.9 Å². The molecule has 134 heavy (non-hydrogen) atoms. The number of furan rings is 4. The van der Waals surface area contributed by atoms with Gasteiger partial charge in [0.25, 0.3) is 23.6 Å². The molecule has 4 aliphatic rings. The number of alkyl halides is 3. The molecule has 5 unspecified atom stereocenters. The largest absolute Gasteiger partial charge is 0.504 e. The summed E-state index contributed by atoms with van der Waals surface area (Å²) in [7, 11) is 0. The molecule has 8 atom stereocenters. The lowest BCUT2D eigenvalue weighted by Crippen LogP contribution is -2.18. The molecule has 39 heteroatoms. The number of benzene rings is 4. The predicted octanol–water partition coefficient (Wildman–Crippen LogP) is 19.4. The van der Waals surface area contributed by atoms with E-state index in [1.165, 1.54) is 134 Å². The maximum atomic E-state index is 14.6. The lowest BCUT2D eigenvalue weighted by atomic mass is 10.1. The number of amides is 4. The fourth-order valence-electron chi connectivity index (χ4n) is 16.0. The van der Waals surface area contributed by atoms with E-state index in [2.05, 4.69) is 61.1 Å². The first-order chi connectivity index (χ1) is 64.8. The monoisotopic (exact) mass is 1840 g/mol. The van der Waals surface area contributed by atoms with Crippen molar-refractivity contribution < 1.29 is 100 Å². The number of hydrogen-bond acceptors (Lipinski definition) is 20. The Kier molecular flexibility index (Phi) is 26.5. The number of hydrogen-bond donors (Lipinski definition) is 7. The average Bonchev–Trinajstić information content (AvgIpc) is 1.63. The highest BCUT2D eigenvalue weighted by Gasteiger charge is 2.38. The highest BCUT2D eigenvalue weighted by Crippen LogP contribution is 2.45. The van der Waals surface area contributed by atoms with Crippen molar-refractivity contribution in [1.29, 1.82) is 0 Å². The van der Waals surface area contributed by atoms with Crippen LogP contribution in [0.5, 0.6) is 5.75 Å². The lowest BCUT2D eigenvalue weighted by molar-refractivity contribution is -0.0110. The summed E-state index contributed by atoms with van der Waals surface area (Å²) in [6.45, 7) is 1.96. The molecule has 2 aliphatic carbocycles. The Morgan fingerprint density at radius 3 is 1.28 bits per heavy atom. The van der Waals surface area contributed by atoms with Gasteiger partial charge in [-0.25, -0.2) is 63.8 Å². The van der Waals surface area contributed by atoms with Gasteiger partial charge in [-0.3, -0.25) is 38.9 Å². The Hall–Kier alpha value is -15.9. The second kappa shape index (κ2) is 39.4. The number of nitrogens with one attached hydrogen (secondary N) is 5. The second-order valence-electron chi connectivity index (χ2n) is 31.3. The van der Waals surface area contributed by atoms with Crippen LogP contribution in [-0.2, 0) is 9.47 Å². The molecule has 0 radical (unpaired) electrons. The van der Waals surface area contributed by atoms with Gasteiger partial charge in [0.05, 0.1) is 134 Å². The van der Waals surface area contributed by atoms with Crippen LogP contribution >= 0.6 is 0 Å². The highest BCUT2D eigenvalue weighted by molar-refractivity contribution is 6.05. The summed E-state index contributed by atoms with van der Waals surface area (Å²) in [5.74, 6) is -6.22. The fourth-order valence-corrected chi connectivity index (χ4v) is 16.0. The molecule has 0 bridgehead atoms. The molecule has 20 rings (SSSR count). The number of anilines is 4. The summed E-state index contributed by atoms with van der Waals surface area (Å²) >= 11 is 0. The third kappa shape index (κ3) is 19.6. The van der Waals surface area contributed by atoms with Gasteiger partial charge in [-0.2, -0.15) is 0 Å². The summed E-state index contributed by atoms with van der Waals surface area (Å²) in [6, 6.07) is 38.7. The molecule has 14 heterocycles. The van der Waals surface area contributed by atoms with Crippen LogP contribution in [0.1, 0.15) is 117 Å². The lowest BCUT2D eigenvalue weighted by Gasteiger charge is -2.19. The first-order valence-electron chi connectivity index (χ1n) is 41.8. The van der Waals surface area contributed by atoms with E-state index in [-0.39, 0.29) is 89.0 Å². The number of aromatic hydroxyl groups is 1. The van der Waals surface area contributed by atoms with Crippen LogP contribution in [-0.4, -0.2) is 137 Å². The fraction of sp³-hybridized carbons (Fsp3) is 0.200. The zero-order valence-corrected chi connectivity index (χ0v) is 70.2. The predicted molar refractivity (Wildman–Crippen MR) is 465 cm³/mol. The molecule has 4 fully saturated rings. The number of pyridine rings is 4. The second-order valence-corrected chi connectivity index (χ2v) is 31.3. The molecule has 0 spiro atoms. The maximum absolute atomic E-state index is 14.6. The van der Waals surface area contributed by atoms with E-state index in [1.807, 2.05) is 4.57 Å². The molecule has 2 saturated carbocycles. The molecular weight excluding hydrogens is 1760 g/mol. The van der Waals surface area contributed by atoms with E-state index in [9.17, 15) is 78.1 Å². The maximum Gasteiger partial charge on any atom is 0.291 e. The number of carbonyl (C=O) groups is 4. The van der Waals surface area contributed by atoms with Crippen LogP contribution in [0.2, 0.25) is 0 Å². The quantitative estimate of drug-likeness (QED) is 0.0348. The third-order valence-corrected chi connectivity index (χ3v) is 22.6. The zero-order chi connectivity index (χ0) is 93.5. The highest BCUT2D eigenvalue weighted by atomic mass is 19.2. The van der Waals surface area contributed by atoms with Crippen molar-refractivity contribution in [2.45, 2.75) is 101 Å². The number of nitrogens with zero attached hydrogens (tertiary/aromatic N) is 11.